The molecule has 1 aromatic carbocycles. The highest BCUT2D eigenvalue weighted by Gasteiger charge is 2.27. The van der Waals surface area contributed by atoms with E-state index in [1.807, 2.05) is 0 Å². The van der Waals surface area contributed by atoms with Gasteiger partial charge in [-0.3, -0.25) is 0 Å². The van der Waals surface area contributed by atoms with Gasteiger partial charge in [0.15, 0.2) is 0 Å². The normalized spacial score (nSPS) is 11.9. The summed E-state index contributed by atoms with van der Waals surface area (Å²) in [6, 6.07) is 6.48. The third kappa shape index (κ3) is 3.23. The van der Waals surface area contributed by atoms with Crippen molar-refractivity contribution in [3.63, 3.8) is 0 Å². The van der Waals surface area contributed by atoms with E-state index in [2.05, 4.69) is 0 Å². The summed E-state index contributed by atoms with van der Waals surface area (Å²) in [6.07, 6.45) is 1.61. The molecule has 0 unspecified atom stereocenters. The van der Waals surface area contributed by atoms with Crippen LogP contribution in [-0.2, 0) is 6.54 Å². The summed E-state index contributed by atoms with van der Waals surface area (Å²) in [7, 11) is 0. The van der Waals surface area contributed by atoms with Crippen LogP contribution in [0.15, 0.2) is 30.5 Å². The van der Waals surface area contributed by atoms with Gasteiger partial charge in [-0.05, 0) is 23.9 Å². The van der Waals surface area contributed by atoms with Crippen LogP contribution in [0, 0.1) is 0 Å². The van der Waals surface area contributed by atoms with Crippen LogP contribution in [0.2, 0.25) is 0 Å². The number of rotatable bonds is 4. The maximum Gasteiger partial charge on any atom is 0.441 e. The van der Waals surface area contributed by atoms with Crippen molar-refractivity contribution in [3.05, 3.63) is 36.0 Å². The summed E-state index contributed by atoms with van der Waals surface area (Å²) in [6.45, 7) is 0.109. The summed E-state index contributed by atoms with van der Waals surface area (Å²) in [5.41, 5.74) is -3.71. The average molecular weight is 289 g/mol. The molecule has 0 spiro atoms. The van der Waals surface area contributed by atoms with Gasteiger partial charge in [-0.2, -0.15) is 13.2 Å². The van der Waals surface area contributed by atoms with Crippen molar-refractivity contribution in [1.82, 2.24) is 4.57 Å². The summed E-state index contributed by atoms with van der Waals surface area (Å²) in [4.78, 5) is 11.1. The van der Waals surface area contributed by atoms with Gasteiger partial charge >= 0.3 is 11.5 Å². The zero-order chi connectivity index (χ0) is 14.0. The number of aromatic nitrogens is 1. The van der Waals surface area contributed by atoms with E-state index in [1.54, 1.807) is 24.4 Å². The van der Waals surface area contributed by atoms with Crippen molar-refractivity contribution < 1.29 is 23.1 Å². The predicted molar refractivity (Wildman–Crippen MR) is 67.4 cm³/mol. The molecule has 1 N–H and O–H groups in total. The third-order valence-corrected chi connectivity index (χ3v) is 3.33. The summed E-state index contributed by atoms with van der Waals surface area (Å²) in [5, 5.41) is 9.79. The van der Waals surface area contributed by atoms with E-state index >= 15 is 0 Å². The summed E-state index contributed by atoms with van der Waals surface area (Å²) < 4.78 is 37.7. The molecule has 1 aromatic heterocycles. The maximum atomic E-state index is 12.1. The van der Waals surface area contributed by atoms with Crippen molar-refractivity contribution in [3.8, 4) is 0 Å². The van der Waals surface area contributed by atoms with Gasteiger partial charge in [0, 0.05) is 23.9 Å². The van der Waals surface area contributed by atoms with Gasteiger partial charge in [0.2, 0.25) is 0 Å². The lowest BCUT2D eigenvalue weighted by molar-refractivity contribution is -0.0328. The number of aryl methyl sites for hydroxylation is 1. The minimum atomic E-state index is -4.27. The first-order chi connectivity index (χ1) is 8.88. The quantitative estimate of drug-likeness (QED) is 0.935. The molecule has 0 saturated heterocycles. The lowest BCUT2D eigenvalue weighted by Crippen LogP contribution is -2.08. The summed E-state index contributed by atoms with van der Waals surface area (Å²) >= 11 is -0.114. The van der Waals surface area contributed by atoms with E-state index in [0.717, 1.165) is 0 Å². The fourth-order valence-electron chi connectivity index (χ4n) is 1.88. The molecule has 0 aliphatic heterocycles. The highest BCUT2D eigenvalue weighted by atomic mass is 32.2. The molecule has 2 aromatic rings. The molecule has 0 amide bonds. The standard InChI is InChI=1S/C12H10F3NO2S/c13-12(14,15)19-7-6-16-5-4-8-2-1-3-9(10(8)16)11(17)18/h1-5H,6-7H2,(H,17,18). The molecule has 1 heterocycles. The molecular formula is C12H10F3NO2S. The van der Waals surface area contributed by atoms with E-state index in [1.165, 1.54) is 10.6 Å². The van der Waals surface area contributed by atoms with Gasteiger partial charge in [0.25, 0.3) is 0 Å². The van der Waals surface area contributed by atoms with Gasteiger partial charge in [-0.1, -0.05) is 12.1 Å². The number of alkyl halides is 3. The second-order valence-electron chi connectivity index (χ2n) is 3.85. The van der Waals surface area contributed by atoms with Crippen LogP contribution < -0.4 is 0 Å². The lowest BCUT2D eigenvalue weighted by Gasteiger charge is -2.09. The minimum Gasteiger partial charge on any atom is -0.478 e. The summed E-state index contributed by atoms with van der Waals surface area (Å²) in [5.74, 6) is -1.24. The third-order valence-electron chi connectivity index (χ3n) is 2.62. The molecule has 0 bridgehead atoms. The molecule has 0 atom stereocenters. The number of halogens is 3. The number of benzene rings is 1. The lowest BCUT2D eigenvalue weighted by atomic mass is 10.1. The largest absolute Gasteiger partial charge is 0.478 e. The van der Waals surface area contributed by atoms with E-state index in [0.29, 0.717) is 10.9 Å². The second-order valence-corrected chi connectivity index (χ2v) is 5.01. The van der Waals surface area contributed by atoms with Crippen molar-refractivity contribution in [2.75, 3.05) is 5.75 Å². The number of aromatic carboxylic acids is 1. The maximum absolute atomic E-state index is 12.1. The number of fused-ring (bicyclic) bond motifs is 1. The number of carbonyl (C=O) groups is 1. The highest BCUT2D eigenvalue weighted by Crippen LogP contribution is 2.30. The number of carboxylic acids is 1. The number of hydrogen-bond acceptors (Lipinski definition) is 2. The Balaban J connectivity index is 2.26. The van der Waals surface area contributed by atoms with Gasteiger partial charge in [0.1, 0.15) is 0 Å². The van der Waals surface area contributed by atoms with Gasteiger partial charge in [-0.25, -0.2) is 4.79 Å². The molecule has 0 fully saturated rings. The van der Waals surface area contributed by atoms with Crippen molar-refractivity contribution in [2.45, 2.75) is 12.1 Å². The Bertz CT molecular complexity index is 607. The zero-order valence-corrected chi connectivity index (χ0v) is 10.5. The van der Waals surface area contributed by atoms with Crippen LogP contribution in [0.5, 0.6) is 0 Å². The Morgan fingerprint density at radius 1 is 1.32 bits per heavy atom. The molecule has 2 rings (SSSR count). The number of para-hydroxylation sites is 1. The molecule has 7 heteroatoms. The second kappa shape index (κ2) is 5.16. The molecule has 3 nitrogen and oxygen atoms in total. The predicted octanol–water partition coefficient (Wildman–Crippen LogP) is 3.59. The smallest absolute Gasteiger partial charge is 0.441 e. The van der Waals surface area contributed by atoms with E-state index < -0.39 is 11.5 Å². The zero-order valence-electron chi connectivity index (χ0n) is 9.65. The molecule has 19 heavy (non-hydrogen) atoms. The SMILES string of the molecule is O=C(O)c1cccc2ccn(CCSC(F)(F)F)c12. The number of nitrogens with zero attached hydrogens (tertiary/aromatic N) is 1. The Hall–Kier alpha value is -1.63. The van der Waals surface area contributed by atoms with Crippen molar-refractivity contribution in [2.24, 2.45) is 0 Å². The fourth-order valence-corrected chi connectivity index (χ4v) is 2.40. The number of thioether (sulfide) groups is 1. The first-order valence-electron chi connectivity index (χ1n) is 5.40. The van der Waals surface area contributed by atoms with Crippen molar-refractivity contribution in [1.29, 1.82) is 0 Å². The van der Waals surface area contributed by atoms with Gasteiger partial charge in [-0.15, -0.1) is 0 Å². The Kier molecular flexibility index (Phi) is 3.75. The fraction of sp³-hybridized carbons (Fsp3) is 0.250. The van der Waals surface area contributed by atoms with Gasteiger partial charge < -0.3 is 9.67 Å². The molecule has 0 aliphatic rings. The van der Waals surface area contributed by atoms with E-state index in [4.69, 9.17) is 5.11 Å². The van der Waals surface area contributed by atoms with Crippen LogP contribution in [0.1, 0.15) is 10.4 Å². The highest BCUT2D eigenvalue weighted by molar-refractivity contribution is 8.00. The molecule has 0 saturated carbocycles. The van der Waals surface area contributed by atoms with Crippen LogP contribution >= 0.6 is 11.8 Å². The van der Waals surface area contributed by atoms with Gasteiger partial charge in [0.05, 0.1) is 11.1 Å². The molecule has 0 radical (unpaired) electrons. The van der Waals surface area contributed by atoms with Crippen LogP contribution in [0.4, 0.5) is 13.2 Å². The number of carboxylic acid groups (broad SMARTS) is 1. The minimum absolute atomic E-state index is 0.0968. The topological polar surface area (TPSA) is 42.2 Å². The molecule has 102 valence electrons. The van der Waals surface area contributed by atoms with Crippen LogP contribution in [0.25, 0.3) is 10.9 Å². The first-order valence-corrected chi connectivity index (χ1v) is 6.39. The van der Waals surface area contributed by atoms with Crippen LogP contribution in [0.3, 0.4) is 0 Å². The molecule has 0 aliphatic carbocycles. The molecular weight excluding hydrogens is 279 g/mol. The van der Waals surface area contributed by atoms with E-state index in [-0.39, 0.29) is 29.6 Å². The van der Waals surface area contributed by atoms with Crippen LogP contribution in [-0.4, -0.2) is 26.9 Å². The Labute approximate surface area is 111 Å². The van der Waals surface area contributed by atoms with E-state index in [9.17, 15) is 18.0 Å². The monoisotopic (exact) mass is 289 g/mol. The average Bonchev–Trinajstić information content (AvgIpc) is 2.70. The van der Waals surface area contributed by atoms with Crippen molar-refractivity contribution >= 4 is 28.6 Å². The Morgan fingerprint density at radius 3 is 2.68 bits per heavy atom. The number of hydrogen-bond donors (Lipinski definition) is 1. The first kappa shape index (κ1) is 13.8. The Morgan fingerprint density at radius 2 is 2.05 bits per heavy atom.